The van der Waals surface area contributed by atoms with Crippen LogP contribution >= 0.6 is 0 Å². The fraction of sp³-hybridized carbons (Fsp3) is 0.846. The standard InChI is InChI=1S/C13H23NO2/c1-5-6-9(4)10-7-11(15)14-13(16)12(10)8(2)3/h8-10,12H,5-7H2,1-4H3,(H,14,15,16). The van der Waals surface area contributed by atoms with E-state index in [9.17, 15) is 9.59 Å². The minimum absolute atomic E-state index is 0.000694. The highest BCUT2D eigenvalue weighted by atomic mass is 16.2. The Bertz CT molecular complexity index is 273. The molecule has 3 unspecified atom stereocenters. The zero-order valence-electron chi connectivity index (χ0n) is 10.7. The Kier molecular flexibility index (Phi) is 4.51. The molecule has 92 valence electrons. The van der Waals surface area contributed by atoms with Crippen molar-refractivity contribution in [3.8, 4) is 0 Å². The number of rotatable bonds is 4. The van der Waals surface area contributed by atoms with Crippen molar-refractivity contribution in [3.05, 3.63) is 0 Å². The lowest BCUT2D eigenvalue weighted by atomic mass is 9.71. The van der Waals surface area contributed by atoms with Crippen LogP contribution in [0.1, 0.15) is 47.0 Å². The molecule has 0 bridgehead atoms. The SMILES string of the molecule is CCCC(C)C1CC(=O)NC(=O)C1C(C)C. The first kappa shape index (κ1) is 13.2. The molecule has 1 heterocycles. The van der Waals surface area contributed by atoms with E-state index in [0.717, 1.165) is 12.8 Å². The van der Waals surface area contributed by atoms with Gasteiger partial charge in [-0.05, 0) is 17.8 Å². The molecule has 1 rings (SSSR count). The predicted octanol–water partition coefficient (Wildman–Crippen LogP) is 2.36. The molecule has 3 atom stereocenters. The highest BCUT2D eigenvalue weighted by molar-refractivity contribution is 5.99. The van der Waals surface area contributed by atoms with Crippen LogP contribution < -0.4 is 5.32 Å². The van der Waals surface area contributed by atoms with Gasteiger partial charge in [-0.2, -0.15) is 0 Å². The lowest BCUT2D eigenvalue weighted by molar-refractivity contribution is -0.141. The predicted molar refractivity (Wildman–Crippen MR) is 63.7 cm³/mol. The Morgan fingerprint density at radius 1 is 1.31 bits per heavy atom. The number of carbonyl (C=O) groups excluding carboxylic acids is 2. The zero-order valence-corrected chi connectivity index (χ0v) is 10.7. The lowest BCUT2D eigenvalue weighted by Crippen LogP contribution is -2.49. The number of piperidine rings is 1. The van der Waals surface area contributed by atoms with Gasteiger partial charge in [0.25, 0.3) is 0 Å². The molecule has 1 N–H and O–H groups in total. The molecule has 0 aromatic heterocycles. The van der Waals surface area contributed by atoms with Crippen LogP contribution in [0.15, 0.2) is 0 Å². The number of imide groups is 1. The first-order valence-corrected chi connectivity index (χ1v) is 6.31. The molecule has 16 heavy (non-hydrogen) atoms. The molecule has 0 radical (unpaired) electrons. The third-order valence-electron chi connectivity index (χ3n) is 3.64. The summed E-state index contributed by atoms with van der Waals surface area (Å²) in [5.74, 6) is 0.805. The van der Waals surface area contributed by atoms with Crippen molar-refractivity contribution in [1.29, 1.82) is 0 Å². The van der Waals surface area contributed by atoms with Gasteiger partial charge in [0.15, 0.2) is 0 Å². The molecule has 1 fully saturated rings. The highest BCUT2D eigenvalue weighted by Gasteiger charge is 2.39. The van der Waals surface area contributed by atoms with Crippen LogP contribution in [0.25, 0.3) is 0 Å². The second-order valence-electron chi connectivity index (χ2n) is 5.32. The van der Waals surface area contributed by atoms with Crippen molar-refractivity contribution in [1.82, 2.24) is 5.32 Å². The summed E-state index contributed by atoms with van der Waals surface area (Å²) < 4.78 is 0. The van der Waals surface area contributed by atoms with Crippen LogP contribution in [0.4, 0.5) is 0 Å². The highest BCUT2D eigenvalue weighted by Crippen LogP contribution is 2.35. The number of carbonyl (C=O) groups is 2. The van der Waals surface area contributed by atoms with Crippen LogP contribution in [-0.2, 0) is 9.59 Å². The van der Waals surface area contributed by atoms with Crippen molar-refractivity contribution in [3.63, 3.8) is 0 Å². The van der Waals surface area contributed by atoms with Gasteiger partial charge in [0.1, 0.15) is 0 Å². The molecule has 1 aliphatic heterocycles. The summed E-state index contributed by atoms with van der Waals surface area (Å²) in [6.07, 6.45) is 2.71. The molecule has 0 aromatic rings. The van der Waals surface area contributed by atoms with Gasteiger partial charge in [-0.15, -0.1) is 0 Å². The number of nitrogens with one attached hydrogen (secondary N) is 1. The number of amides is 2. The Morgan fingerprint density at radius 2 is 1.94 bits per heavy atom. The third-order valence-corrected chi connectivity index (χ3v) is 3.64. The molecule has 2 amide bonds. The number of hydrogen-bond acceptors (Lipinski definition) is 2. The maximum Gasteiger partial charge on any atom is 0.230 e. The monoisotopic (exact) mass is 225 g/mol. The maximum absolute atomic E-state index is 11.8. The molecule has 0 spiro atoms. The second kappa shape index (κ2) is 5.46. The van der Waals surface area contributed by atoms with E-state index in [1.165, 1.54) is 0 Å². The van der Waals surface area contributed by atoms with Gasteiger partial charge in [-0.25, -0.2) is 0 Å². The molecule has 0 saturated carbocycles. The minimum atomic E-state index is -0.102. The summed E-state index contributed by atoms with van der Waals surface area (Å²) in [7, 11) is 0. The van der Waals surface area contributed by atoms with Gasteiger partial charge >= 0.3 is 0 Å². The van der Waals surface area contributed by atoms with E-state index in [1.807, 2.05) is 0 Å². The molecule has 1 saturated heterocycles. The van der Waals surface area contributed by atoms with E-state index < -0.39 is 0 Å². The van der Waals surface area contributed by atoms with Gasteiger partial charge in [-0.1, -0.05) is 40.5 Å². The van der Waals surface area contributed by atoms with Gasteiger partial charge in [-0.3, -0.25) is 14.9 Å². The van der Waals surface area contributed by atoms with Crippen LogP contribution in [0.3, 0.4) is 0 Å². The smallest absolute Gasteiger partial charge is 0.230 e. The largest absolute Gasteiger partial charge is 0.296 e. The Balaban J connectivity index is 2.82. The molecule has 3 nitrogen and oxygen atoms in total. The molecule has 0 aromatic carbocycles. The summed E-state index contributed by atoms with van der Waals surface area (Å²) in [5, 5.41) is 2.46. The van der Waals surface area contributed by atoms with Gasteiger partial charge < -0.3 is 0 Å². The van der Waals surface area contributed by atoms with Crippen molar-refractivity contribution >= 4 is 11.8 Å². The quantitative estimate of drug-likeness (QED) is 0.746. The maximum atomic E-state index is 11.8. The van der Waals surface area contributed by atoms with Crippen LogP contribution in [0.5, 0.6) is 0 Å². The normalized spacial score (nSPS) is 28.1. The molecular formula is C13H23NO2. The lowest BCUT2D eigenvalue weighted by Gasteiger charge is -2.36. The molecule has 1 aliphatic rings. The van der Waals surface area contributed by atoms with Crippen LogP contribution in [0, 0.1) is 23.7 Å². The van der Waals surface area contributed by atoms with Crippen LogP contribution in [0.2, 0.25) is 0 Å². The average molecular weight is 225 g/mol. The first-order valence-electron chi connectivity index (χ1n) is 6.31. The van der Waals surface area contributed by atoms with E-state index in [1.54, 1.807) is 0 Å². The Morgan fingerprint density at radius 3 is 2.44 bits per heavy atom. The summed E-state index contributed by atoms with van der Waals surface area (Å²) in [6.45, 7) is 8.43. The fourth-order valence-electron chi connectivity index (χ4n) is 2.83. The zero-order chi connectivity index (χ0) is 12.3. The van der Waals surface area contributed by atoms with Crippen molar-refractivity contribution in [2.75, 3.05) is 0 Å². The molecular weight excluding hydrogens is 202 g/mol. The number of hydrogen-bond donors (Lipinski definition) is 1. The Labute approximate surface area is 98.0 Å². The summed E-state index contributed by atoms with van der Waals surface area (Å²) in [4.78, 5) is 23.3. The van der Waals surface area contributed by atoms with E-state index >= 15 is 0 Å². The summed E-state index contributed by atoms with van der Waals surface area (Å²) >= 11 is 0. The first-order chi connectivity index (χ1) is 7.47. The van der Waals surface area contributed by atoms with E-state index in [-0.39, 0.29) is 23.7 Å². The second-order valence-corrected chi connectivity index (χ2v) is 5.32. The molecule has 3 heteroatoms. The fourth-order valence-corrected chi connectivity index (χ4v) is 2.83. The van der Waals surface area contributed by atoms with Gasteiger partial charge in [0.05, 0.1) is 0 Å². The topological polar surface area (TPSA) is 46.2 Å². The minimum Gasteiger partial charge on any atom is -0.296 e. The van der Waals surface area contributed by atoms with Crippen molar-refractivity contribution in [2.24, 2.45) is 23.7 Å². The van der Waals surface area contributed by atoms with Crippen molar-refractivity contribution < 1.29 is 9.59 Å². The average Bonchev–Trinajstić information content (AvgIpc) is 2.15. The Hall–Kier alpha value is -0.860. The van der Waals surface area contributed by atoms with E-state index in [4.69, 9.17) is 0 Å². The van der Waals surface area contributed by atoms with Crippen molar-refractivity contribution in [2.45, 2.75) is 47.0 Å². The third kappa shape index (κ3) is 2.83. The molecule has 0 aliphatic carbocycles. The van der Waals surface area contributed by atoms with E-state index in [2.05, 4.69) is 33.0 Å². The summed E-state index contributed by atoms with van der Waals surface area (Å²) in [6, 6.07) is 0. The summed E-state index contributed by atoms with van der Waals surface area (Å²) in [5.41, 5.74) is 0. The van der Waals surface area contributed by atoms with Gasteiger partial charge in [0.2, 0.25) is 11.8 Å². The van der Waals surface area contributed by atoms with Crippen LogP contribution in [-0.4, -0.2) is 11.8 Å². The van der Waals surface area contributed by atoms with Gasteiger partial charge in [0, 0.05) is 12.3 Å². The van der Waals surface area contributed by atoms with E-state index in [0.29, 0.717) is 18.3 Å².